The minimum atomic E-state index is -3.80. The molecule has 0 saturated heterocycles. The summed E-state index contributed by atoms with van der Waals surface area (Å²) < 4.78 is 26.7. The second-order valence-corrected chi connectivity index (χ2v) is 6.22. The molecule has 20 heavy (non-hydrogen) atoms. The highest BCUT2D eigenvalue weighted by Gasteiger charge is 2.18. The van der Waals surface area contributed by atoms with E-state index in [9.17, 15) is 13.2 Å². The van der Waals surface area contributed by atoms with Gasteiger partial charge in [0.1, 0.15) is 10.6 Å². The molecule has 0 aliphatic carbocycles. The van der Waals surface area contributed by atoms with E-state index in [1.165, 1.54) is 0 Å². The summed E-state index contributed by atoms with van der Waals surface area (Å²) in [6, 6.07) is 6.41. The van der Waals surface area contributed by atoms with Crippen LogP contribution in [-0.2, 0) is 10.0 Å². The molecule has 0 unspecified atom stereocenters. The van der Waals surface area contributed by atoms with Gasteiger partial charge in [-0.2, -0.15) is 0 Å². The SMILES string of the molecule is Cc1cc(C)cc(NS(=O)(=O)c2c[nH]c(C(=O)O)c2)c1. The highest BCUT2D eigenvalue weighted by atomic mass is 32.2. The summed E-state index contributed by atoms with van der Waals surface area (Å²) >= 11 is 0. The number of aryl methyl sites for hydroxylation is 2. The summed E-state index contributed by atoms with van der Waals surface area (Å²) in [7, 11) is -3.80. The zero-order valence-corrected chi connectivity index (χ0v) is 11.8. The number of hydrogen-bond acceptors (Lipinski definition) is 3. The smallest absolute Gasteiger partial charge is 0.352 e. The maximum absolute atomic E-state index is 12.1. The van der Waals surface area contributed by atoms with E-state index in [0.717, 1.165) is 23.4 Å². The number of carboxylic acid groups (broad SMARTS) is 1. The molecule has 1 aromatic carbocycles. The van der Waals surface area contributed by atoms with Crippen molar-refractivity contribution in [1.29, 1.82) is 0 Å². The third-order valence-corrected chi connectivity index (χ3v) is 4.03. The monoisotopic (exact) mass is 294 g/mol. The Hall–Kier alpha value is -2.28. The van der Waals surface area contributed by atoms with E-state index in [1.54, 1.807) is 12.1 Å². The van der Waals surface area contributed by atoms with E-state index in [2.05, 4.69) is 9.71 Å². The number of benzene rings is 1. The topological polar surface area (TPSA) is 99.3 Å². The first-order chi connectivity index (χ1) is 9.28. The Bertz CT molecular complexity index is 742. The number of nitrogens with one attached hydrogen (secondary N) is 2. The van der Waals surface area contributed by atoms with Gasteiger partial charge < -0.3 is 10.1 Å². The minimum Gasteiger partial charge on any atom is -0.477 e. The first-order valence-electron chi connectivity index (χ1n) is 5.81. The van der Waals surface area contributed by atoms with Crippen molar-refractivity contribution in [2.45, 2.75) is 18.7 Å². The molecule has 6 nitrogen and oxygen atoms in total. The van der Waals surface area contributed by atoms with Crippen molar-refractivity contribution in [3.05, 3.63) is 47.3 Å². The van der Waals surface area contributed by atoms with Crippen LogP contribution in [0.3, 0.4) is 0 Å². The summed E-state index contributed by atoms with van der Waals surface area (Å²) in [6.45, 7) is 3.73. The Morgan fingerprint density at radius 3 is 2.25 bits per heavy atom. The minimum absolute atomic E-state index is 0.117. The lowest BCUT2D eigenvalue weighted by Crippen LogP contribution is -2.12. The van der Waals surface area contributed by atoms with Crippen LogP contribution in [0.25, 0.3) is 0 Å². The van der Waals surface area contributed by atoms with Gasteiger partial charge in [0.2, 0.25) is 0 Å². The van der Waals surface area contributed by atoms with Crippen LogP contribution in [0.5, 0.6) is 0 Å². The van der Waals surface area contributed by atoms with Crippen molar-refractivity contribution in [2.24, 2.45) is 0 Å². The molecule has 0 atom stereocenters. The molecule has 1 heterocycles. The van der Waals surface area contributed by atoms with Gasteiger partial charge in [-0.1, -0.05) is 6.07 Å². The number of sulfonamides is 1. The molecule has 7 heteroatoms. The van der Waals surface area contributed by atoms with Crippen LogP contribution >= 0.6 is 0 Å². The van der Waals surface area contributed by atoms with Crippen LogP contribution in [0, 0.1) is 13.8 Å². The number of rotatable bonds is 4. The average molecular weight is 294 g/mol. The predicted molar refractivity (Wildman–Crippen MR) is 74.5 cm³/mol. The van der Waals surface area contributed by atoms with Crippen LogP contribution in [0.2, 0.25) is 0 Å². The first kappa shape index (κ1) is 14.1. The largest absolute Gasteiger partial charge is 0.477 e. The second-order valence-electron chi connectivity index (χ2n) is 4.54. The number of aromatic amines is 1. The molecule has 2 rings (SSSR count). The van der Waals surface area contributed by atoms with E-state index >= 15 is 0 Å². The van der Waals surface area contributed by atoms with Gasteiger partial charge in [-0.15, -0.1) is 0 Å². The molecule has 0 aliphatic heterocycles. The van der Waals surface area contributed by atoms with Gasteiger partial charge in [0.25, 0.3) is 10.0 Å². The van der Waals surface area contributed by atoms with Crippen LogP contribution in [0.4, 0.5) is 5.69 Å². The fourth-order valence-corrected chi connectivity index (χ4v) is 2.93. The normalized spacial score (nSPS) is 11.3. The van der Waals surface area contributed by atoms with Crippen LogP contribution < -0.4 is 4.72 Å². The van der Waals surface area contributed by atoms with Crippen molar-refractivity contribution < 1.29 is 18.3 Å². The molecular weight excluding hydrogens is 280 g/mol. The van der Waals surface area contributed by atoms with Gasteiger partial charge in [0.05, 0.1) is 0 Å². The standard InChI is InChI=1S/C13H14N2O4S/c1-8-3-9(2)5-10(4-8)15-20(18,19)11-6-12(13(16)17)14-7-11/h3-7,14-15H,1-2H3,(H,16,17). The Kier molecular flexibility index (Phi) is 3.54. The highest BCUT2D eigenvalue weighted by Crippen LogP contribution is 2.19. The maximum Gasteiger partial charge on any atom is 0.352 e. The average Bonchev–Trinajstić information content (AvgIpc) is 2.76. The van der Waals surface area contributed by atoms with Gasteiger partial charge >= 0.3 is 5.97 Å². The van der Waals surface area contributed by atoms with Gasteiger partial charge in [-0.05, 0) is 43.2 Å². The molecule has 0 aliphatic rings. The van der Waals surface area contributed by atoms with Crippen molar-refractivity contribution in [2.75, 3.05) is 4.72 Å². The number of anilines is 1. The van der Waals surface area contributed by atoms with Crippen molar-refractivity contribution >= 4 is 21.7 Å². The van der Waals surface area contributed by atoms with Gasteiger partial charge in [0, 0.05) is 11.9 Å². The van der Waals surface area contributed by atoms with Crippen LogP contribution in [0.15, 0.2) is 35.4 Å². The first-order valence-corrected chi connectivity index (χ1v) is 7.29. The van der Waals surface area contributed by atoms with Crippen molar-refractivity contribution in [3.63, 3.8) is 0 Å². The second kappa shape index (κ2) is 5.01. The lowest BCUT2D eigenvalue weighted by atomic mass is 10.1. The molecule has 0 fully saturated rings. The van der Waals surface area contributed by atoms with Crippen LogP contribution in [-0.4, -0.2) is 24.5 Å². The molecule has 106 valence electrons. The zero-order valence-electron chi connectivity index (χ0n) is 11.0. The summed E-state index contributed by atoms with van der Waals surface area (Å²) in [5.41, 5.74) is 2.14. The van der Waals surface area contributed by atoms with Crippen molar-refractivity contribution in [3.8, 4) is 0 Å². The molecule has 0 bridgehead atoms. The van der Waals surface area contributed by atoms with E-state index < -0.39 is 16.0 Å². The Morgan fingerprint density at radius 1 is 1.15 bits per heavy atom. The molecule has 0 radical (unpaired) electrons. The van der Waals surface area contributed by atoms with Crippen LogP contribution in [0.1, 0.15) is 21.6 Å². The number of aromatic carboxylic acids is 1. The third kappa shape index (κ3) is 3.00. The molecule has 2 aromatic rings. The number of hydrogen-bond donors (Lipinski definition) is 3. The van der Waals surface area contributed by atoms with E-state index in [-0.39, 0.29) is 10.6 Å². The predicted octanol–water partition coefficient (Wildman–Crippen LogP) is 2.13. The Balaban J connectivity index is 2.32. The van der Waals surface area contributed by atoms with E-state index in [4.69, 9.17) is 5.11 Å². The zero-order chi connectivity index (χ0) is 14.9. The molecule has 0 spiro atoms. The quantitative estimate of drug-likeness (QED) is 0.804. The Labute approximate surface area is 116 Å². The van der Waals surface area contributed by atoms with Gasteiger partial charge in [-0.25, -0.2) is 13.2 Å². The lowest BCUT2D eigenvalue weighted by molar-refractivity contribution is 0.0691. The summed E-state index contributed by atoms with van der Waals surface area (Å²) in [4.78, 5) is 13.0. The Morgan fingerprint density at radius 2 is 1.75 bits per heavy atom. The summed E-state index contributed by atoms with van der Waals surface area (Å²) in [5, 5.41) is 8.78. The number of carbonyl (C=O) groups is 1. The maximum atomic E-state index is 12.1. The molecule has 1 aromatic heterocycles. The molecule has 0 saturated carbocycles. The van der Waals surface area contributed by atoms with Crippen molar-refractivity contribution in [1.82, 2.24) is 4.98 Å². The van der Waals surface area contributed by atoms with Gasteiger partial charge in [-0.3, -0.25) is 4.72 Å². The highest BCUT2D eigenvalue weighted by molar-refractivity contribution is 7.92. The third-order valence-electron chi connectivity index (χ3n) is 2.67. The fraction of sp³-hybridized carbons (Fsp3) is 0.154. The number of H-pyrrole nitrogens is 1. The van der Waals surface area contributed by atoms with Gasteiger partial charge in [0.15, 0.2) is 0 Å². The molecular formula is C13H14N2O4S. The number of aromatic nitrogens is 1. The lowest BCUT2D eigenvalue weighted by Gasteiger charge is -2.08. The summed E-state index contributed by atoms with van der Waals surface area (Å²) in [5.74, 6) is -1.21. The summed E-state index contributed by atoms with van der Waals surface area (Å²) in [6.07, 6.45) is 1.15. The van der Waals surface area contributed by atoms with E-state index in [0.29, 0.717) is 5.69 Å². The number of carboxylic acids is 1. The fourth-order valence-electron chi connectivity index (χ4n) is 1.90. The molecule has 3 N–H and O–H groups in total. The van der Waals surface area contributed by atoms with E-state index in [1.807, 2.05) is 19.9 Å². The molecule has 0 amide bonds.